The van der Waals surface area contributed by atoms with E-state index in [-0.39, 0.29) is 12.0 Å². The Balaban J connectivity index is 1.36. The Bertz CT molecular complexity index is 976. The molecular formula is C25H34N2O4S2. The van der Waals surface area contributed by atoms with Crippen LogP contribution in [0.25, 0.3) is 0 Å². The third-order valence-corrected chi connectivity index (χ3v) is 9.26. The third kappa shape index (κ3) is 6.66. The molecule has 8 heteroatoms. The number of hydrogen-bond acceptors (Lipinski definition) is 5. The van der Waals surface area contributed by atoms with Gasteiger partial charge in [-0.3, -0.25) is 4.79 Å². The van der Waals surface area contributed by atoms with E-state index in [0.29, 0.717) is 43.9 Å². The number of carbonyl (C=O) groups is 1. The molecule has 2 aliphatic rings. The summed E-state index contributed by atoms with van der Waals surface area (Å²) in [6.45, 7) is 3.22. The first kappa shape index (κ1) is 24.4. The summed E-state index contributed by atoms with van der Waals surface area (Å²) in [5, 5.41) is 2.03. The molecule has 1 unspecified atom stereocenters. The van der Waals surface area contributed by atoms with Crippen LogP contribution in [-0.2, 0) is 32.5 Å². The maximum atomic E-state index is 13.1. The van der Waals surface area contributed by atoms with Gasteiger partial charge in [-0.1, -0.05) is 31.0 Å². The fourth-order valence-corrected chi connectivity index (χ4v) is 6.78. The lowest BCUT2D eigenvalue weighted by molar-refractivity contribution is -0.133. The Kier molecular flexibility index (Phi) is 8.57. The first-order chi connectivity index (χ1) is 16.0. The molecule has 1 atom stereocenters. The summed E-state index contributed by atoms with van der Waals surface area (Å²) in [7, 11) is -3.44. The molecule has 0 spiro atoms. The fraction of sp³-hybridized carbons (Fsp3) is 0.560. The Hall–Kier alpha value is -1.74. The van der Waals surface area contributed by atoms with Gasteiger partial charge in [0.25, 0.3) is 0 Å². The normalized spacial score (nSPS) is 19.9. The average molecular weight is 491 g/mol. The van der Waals surface area contributed by atoms with Crippen LogP contribution in [0.4, 0.5) is 0 Å². The lowest BCUT2D eigenvalue weighted by Crippen LogP contribution is -2.36. The first-order valence-electron chi connectivity index (χ1n) is 12.0. The van der Waals surface area contributed by atoms with Gasteiger partial charge in [0.15, 0.2) is 0 Å². The summed E-state index contributed by atoms with van der Waals surface area (Å²) in [5.74, 6) is 0.111. The lowest BCUT2D eigenvalue weighted by atomic mass is 10.1. The quantitative estimate of drug-likeness (QED) is 0.521. The summed E-state index contributed by atoms with van der Waals surface area (Å²) in [5.41, 5.74) is 0.978. The predicted molar refractivity (Wildman–Crippen MR) is 131 cm³/mol. The smallest absolute Gasteiger partial charge is 0.243 e. The first-order valence-corrected chi connectivity index (χ1v) is 14.4. The topological polar surface area (TPSA) is 66.9 Å². The van der Waals surface area contributed by atoms with Crippen molar-refractivity contribution in [2.75, 3.05) is 26.2 Å². The van der Waals surface area contributed by atoms with E-state index in [2.05, 4.69) is 6.07 Å². The molecule has 4 rings (SSSR count). The number of amides is 1. The highest BCUT2D eigenvalue weighted by molar-refractivity contribution is 7.89. The molecule has 180 valence electrons. The number of carbonyl (C=O) groups excluding carboxylic acids is 1. The molecule has 1 amide bonds. The van der Waals surface area contributed by atoms with Crippen molar-refractivity contribution in [3.63, 3.8) is 0 Å². The molecule has 1 aromatic heterocycles. The van der Waals surface area contributed by atoms with E-state index in [1.807, 2.05) is 28.5 Å². The molecule has 2 saturated heterocycles. The molecule has 0 radical (unpaired) electrons. The second-order valence-corrected chi connectivity index (χ2v) is 11.9. The minimum absolute atomic E-state index is 0.111. The SMILES string of the molecule is O=C(CCc1ccc(S(=O)(=O)N2CCCCCC2)cc1)N(Cc1cccs1)CC1CCCO1. The maximum absolute atomic E-state index is 13.1. The van der Waals surface area contributed by atoms with E-state index < -0.39 is 10.0 Å². The second-order valence-electron chi connectivity index (χ2n) is 8.95. The molecule has 2 aromatic rings. The van der Waals surface area contributed by atoms with E-state index >= 15 is 0 Å². The fourth-order valence-electron chi connectivity index (χ4n) is 4.55. The van der Waals surface area contributed by atoms with Crippen molar-refractivity contribution in [3.05, 3.63) is 52.2 Å². The zero-order chi connectivity index (χ0) is 23.1. The van der Waals surface area contributed by atoms with Crippen molar-refractivity contribution >= 4 is 27.3 Å². The van der Waals surface area contributed by atoms with Crippen LogP contribution in [0.3, 0.4) is 0 Å². The molecule has 33 heavy (non-hydrogen) atoms. The zero-order valence-corrected chi connectivity index (χ0v) is 20.8. The van der Waals surface area contributed by atoms with Crippen LogP contribution in [0.5, 0.6) is 0 Å². The monoisotopic (exact) mass is 490 g/mol. The number of aryl methyl sites for hydroxylation is 1. The van der Waals surface area contributed by atoms with Gasteiger partial charge in [-0.05, 0) is 61.2 Å². The number of nitrogens with zero attached hydrogens (tertiary/aromatic N) is 2. The number of hydrogen-bond donors (Lipinski definition) is 0. The van der Waals surface area contributed by atoms with Gasteiger partial charge in [0.1, 0.15) is 0 Å². The molecule has 0 N–H and O–H groups in total. The van der Waals surface area contributed by atoms with Gasteiger partial charge in [0, 0.05) is 37.5 Å². The predicted octanol–water partition coefficient (Wildman–Crippen LogP) is 4.45. The van der Waals surface area contributed by atoms with E-state index in [0.717, 1.165) is 50.7 Å². The Morgan fingerprint density at radius 1 is 1.06 bits per heavy atom. The summed E-state index contributed by atoms with van der Waals surface area (Å²) in [4.78, 5) is 16.5. The van der Waals surface area contributed by atoms with Gasteiger partial charge in [-0.15, -0.1) is 11.3 Å². The molecular weight excluding hydrogens is 456 g/mol. The number of benzene rings is 1. The van der Waals surface area contributed by atoms with E-state index in [1.165, 1.54) is 4.88 Å². The Labute approximate surface area is 201 Å². The van der Waals surface area contributed by atoms with E-state index in [9.17, 15) is 13.2 Å². The van der Waals surface area contributed by atoms with Crippen LogP contribution in [0.2, 0.25) is 0 Å². The molecule has 2 fully saturated rings. The summed E-state index contributed by atoms with van der Waals surface area (Å²) >= 11 is 1.66. The Morgan fingerprint density at radius 2 is 1.82 bits per heavy atom. The number of sulfonamides is 1. The zero-order valence-electron chi connectivity index (χ0n) is 19.2. The van der Waals surface area contributed by atoms with Crippen molar-refractivity contribution in [2.24, 2.45) is 0 Å². The third-order valence-electron chi connectivity index (χ3n) is 6.48. The molecule has 0 bridgehead atoms. The van der Waals surface area contributed by atoms with Crippen molar-refractivity contribution in [1.82, 2.24) is 9.21 Å². The van der Waals surface area contributed by atoms with E-state index in [1.54, 1.807) is 27.8 Å². The maximum Gasteiger partial charge on any atom is 0.243 e. The molecule has 2 aliphatic heterocycles. The van der Waals surface area contributed by atoms with Crippen molar-refractivity contribution in [2.45, 2.75) is 68.9 Å². The highest BCUT2D eigenvalue weighted by atomic mass is 32.2. The van der Waals surface area contributed by atoms with Crippen LogP contribution in [0.1, 0.15) is 55.4 Å². The van der Waals surface area contributed by atoms with Gasteiger partial charge in [0.2, 0.25) is 15.9 Å². The van der Waals surface area contributed by atoms with Crippen LogP contribution < -0.4 is 0 Å². The highest BCUT2D eigenvalue weighted by Crippen LogP contribution is 2.22. The van der Waals surface area contributed by atoms with Crippen molar-refractivity contribution in [3.8, 4) is 0 Å². The van der Waals surface area contributed by atoms with Crippen molar-refractivity contribution < 1.29 is 17.9 Å². The molecule has 0 saturated carbocycles. The van der Waals surface area contributed by atoms with Crippen LogP contribution in [0, 0.1) is 0 Å². The number of ether oxygens (including phenoxy) is 1. The number of thiophene rings is 1. The molecule has 1 aromatic carbocycles. The summed E-state index contributed by atoms with van der Waals surface area (Å²) < 4.78 is 33.3. The molecule has 0 aliphatic carbocycles. The summed E-state index contributed by atoms with van der Waals surface area (Å²) in [6, 6.07) is 11.1. The summed E-state index contributed by atoms with van der Waals surface area (Å²) in [6.07, 6.45) is 7.20. The van der Waals surface area contributed by atoms with Gasteiger partial charge in [0.05, 0.1) is 17.5 Å². The molecule has 3 heterocycles. The largest absolute Gasteiger partial charge is 0.376 e. The minimum Gasteiger partial charge on any atom is -0.376 e. The minimum atomic E-state index is -3.44. The number of rotatable bonds is 9. The van der Waals surface area contributed by atoms with Gasteiger partial charge in [-0.25, -0.2) is 8.42 Å². The second kappa shape index (κ2) is 11.6. The Morgan fingerprint density at radius 3 is 2.45 bits per heavy atom. The van der Waals surface area contributed by atoms with E-state index in [4.69, 9.17) is 4.74 Å². The lowest BCUT2D eigenvalue weighted by Gasteiger charge is -2.25. The van der Waals surface area contributed by atoms with Crippen molar-refractivity contribution in [1.29, 1.82) is 0 Å². The van der Waals surface area contributed by atoms with Gasteiger partial charge < -0.3 is 9.64 Å². The average Bonchev–Trinajstić information content (AvgIpc) is 3.46. The van der Waals surface area contributed by atoms with Crippen LogP contribution in [0.15, 0.2) is 46.7 Å². The highest BCUT2D eigenvalue weighted by Gasteiger charge is 2.25. The van der Waals surface area contributed by atoms with Gasteiger partial charge in [-0.2, -0.15) is 4.31 Å². The van der Waals surface area contributed by atoms with Gasteiger partial charge >= 0.3 is 0 Å². The standard InChI is InChI=1S/C25H34N2O4S2/c28-25(26(19-22-7-5-17-31-22)20-23-8-6-18-32-23)14-11-21-9-12-24(13-10-21)33(29,30)27-15-3-1-2-4-16-27/h6,8-10,12-13,18,22H,1-5,7,11,14-17,19-20H2. The van der Waals surface area contributed by atoms with Crippen LogP contribution >= 0.6 is 11.3 Å². The molecule has 6 nitrogen and oxygen atoms in total. The van der Waals surface area contributed by atoms with Crippen LogP contribution in [-0.4, -0.2) is 55.9 Å².